The number of hydrogen-bond donors (Lipinski definition) is 2. The van der Waals surface area contributed by atoms with E-state index in [9.17, 15) is 9.59 Å². The third-order valence-corrected chi connectivity index (χ3v) is 6.94. The normalized spacial score (nSPS) is 12.3. The van der Waals surface area contributed by atoms with Gasteiger partial charge in [-0.25, -0.2) is 14.6 Å². The number of aromatic nitrogens is 2. The van der Waals surface area contributed by atoms with Crippen molar-refractivity contribution >= 4 is 45.7 Å². The van der Waals surface area contributed by atoms with Crippen molar-refractivity contribution in [2.75, 3.05) is 19.7 Å². The van der Waals surface area contributed by atoms with E-state index in [0.717, 1.165) is 51.4 Å². The van der Waals surface area contributed by atoms with Gasteiger partial charge in [0.15, 0.2) is 0 Å². The molecule has 9 heteroatoms. The average molecular weight is 602 g/mol. The first-order valence-electron chi connectivity index (χ1n) is 14.1. The molecule has 224 valence electrons. The molecule has 8 nitrogen and oxygen atoms in total. The molecule has 1 amide bonds. The number of amides is 1. The summed E-state index contributed by atoms with van der Waals surface area (Å²) < 4.78 is 11.3. The summed E-state index contributed by atoms with van der Waals surface area (Å²) in [7, 11) is 0. The van der Waals surface area contributed by atoms with Crippen molar-refractivity contribution in [3.05, 3.63) is 107 Å². The maximum absolute atomic E-state index is 12.7. The number of nitrogens with zero attached hydrogens (tertiary/aromatic N) is 2. The Bertz CT molecular complexity index is 1620. The lowest BCUT2D eigenvalue weighted by Gasteiger charge is -2.26. The van der Waals surface area contributed by atoms with Crippen LogP contribution in [0.3, 0.4) is 0 Å². The zero-order valence-corrected chi connectivity index (χ0v) is 25.5. The van der Waals surface area contributed by atoms with Gasteiger partial charge in [-0.15, -0.1) is 0 Å². The second kappa shape index (κ2) is 14.1. The van der Waals surface area contributed by atoms with E-state index in [1.807, 2.05) is 48.5 Å². The summed E-state index contributed by atoms with van der Waals surface area (Å²) >= 11 is 6.95. The van der Waals surface area contributed by atoms with E-state index in [1.165, 1.54) is 11.0 Å². The molecule has 2 N–H and O–H groups in total. The van der Waals surface area contributed by atoms with E-state index in [0.29, 0.717) is 10.9 Å². The topological polar surface area (TPSA) is 105 Å². The van der Waals surface area contributed by atoms with Gasteiger partial charge in [0.2, 0.25) is 5.88 Å². The number of carboxylic acids is 1. The predicted molar refractivity (Wildman–Crippen MR) is 170 cm³/mol. The smallest absolute Gasteiger partial charge is 0.410 e. The minimum atomic E-state index is -1.09. The number of aromatic amines is 1. The third kappa shape index (κ3) is 8.26. The number of carbonyl (C=O) groups excluding carboxylic acids is 1. The van der Waals surface area contributed by atoms with Crippen LogP contribution in [0.2, 0.25) is 5.02 Å². The number of ether oxygens (including phenoxy) is 2. The molecule has 0 fully saturated rings. The fourth-order valence-corrected chi connectivity index (χ4v) is 4.96. The molecule has 2 aromatic carbocycles. The van der Waals surface area contributed by atoms with Crippen molar-refractivity contribution in [2.45, 2.75) is 39.7 Å². The maximum atomic E-state index is 12.7. The molecular formula is C34H36ClN3O5. The number of halogens is 1. The molecule has 0 saturated heterocycles. The standard InChI is InChI=1S/C34H36ClN3O5/c1-5-25(23-12-7-6-8-13-23)30(32-31(35)26-14-9-10-15-27(26)37-32)24-17-18-28(36-22-24)42-21-20-38(19-11-16-29(39)40)33(41)43-34(2,3)4/h6-18,22,37H,5,19-21H2,1-4H3,(H,39,40)/b16-11+,30-25+. The highest BCUT2D eigenvalue weighted by Gasteiger charge is 2.22. The van der Waals surface area contributed by atoms with Crippen molar-refractivity contribution < 1.29 is 24.2 Å². The van der Waals surface area contributed by atoms with Gasteiger partial charge < -0.3 is 24.5 Å². The first-order chi connectivity index (χ1) is 20.6. The summed E-state index contributed by atoms with van der Waals surface area (Å²) in [6, 6.07) is 21.9. The van der Waals surface area contributed by atoms with E-state index in [4.69, 9.17) is 26.2 Å². The Labute approximate surface area is 256 Å². The summed E-state index contributed by atoms with van der Waals surface area (Å²) in [5.41, 5.74) is 5.11. The van der Waals surface area contributed by atoms with E-state index in [-0.39, 0.29) is 19.7 Å². The molecule has 0 saturated carbocycles. The lowest BCUT2D eigenvalue weighted by molar-refractivity contribution is -0.131. The van der Waals surface area contributed by atoms with E-state index in [1.54, 1.807) is 33.0 Å². The molecule has 0 bridgehead atoms. The van der Waals surface area contributed by atoms with Crippen LogP contribution in [0.4, 0.5) is 4.79 Å². The second-order valence-electron chi connectivity index (χ2n) is 10.8. The van der Waals surface area contributed by atoms with Crippen molar-refractivity contribution in [3.63, 3.8) is 0 Å². The Kier molecular flexibility index (Phi) is 10.3. The summed E-state index contributed by atoms with van der Waals surface area (Å²) in [5, 5.41) is 10.5. The van der Waals surface area contributed by atoms with E-state index >= 15 is 0 Å². The number of rotatable bonds is 11. The molecule has 0 aliphatic rings. The van der Waals surface area contributed by atoms with Crippen LogP contribution in [-0.2, 0) is 9.53 Å². The summed E-state index contributed by atoms with van der Waals surface area (Å²) in [5.74, 6) is -0.709. The molecule has 0 radical (unpaired) electrons. The first-order valence-corrected chi connectivity index (χ1v) is 14.5. The van der Waals surface area contributed by atoms with Crippen LogP contribution in [0.1, 0.15) is 50.9 Å². The van der Waals surface area contributed by atoms with Crippen LogP contribution in [-0.4, -0.2) is 57.3 Å². The predicted octanol–water partition coefficient (Wildman–Crippen LogP) is 7.84. The fourth-order valence-electron chi connectivity index (χ4n) is 4.65. The molecule has 0 spiro atoms. The van der Waals surface area contributed by atoms with Crippen LogP contribution in [0, 0.1) is 0 Å². The maximum Gasteiger partial charge on any atom is 0.410 e. The molecule has 0 aliphatic heterocycles. The van der Waals surface area contributed by atoms with E-state index in [2.05, 4.69) is 29.0 Å². The Morgan fingerprint density at radius 3 is 2.37 bits per heavy atom. The quantitative estimate of drug-likeness (QED) is 0.170. The minimum absolute atomic E-state index is 0.0651. The third-order valence-electron chi connectivity index (χ3n) is 6.54. The number of para-hydroxylation sites is 1. The minimum Gasteiger partial charge on any atom is -0.478 e. The number of carboxylic acid groups (broad SMARTS) is 1. The molecule has 0 unspecified atom stereocenters. The Hall–Kier alpha value is -4.56. The number of nitrogens with one attached hydrogen (secondary N) is 1. The number of aliphatic carboxylic acids is 1. The Morgan fingerprint density at radius 2 is 1.74 bits per heavy atom. The van der Waals surface area contributed by atoms with Gasteiger partial charge in [-0.1, -0.05) is 73.1 Å². The highest BCUT2D eigenvalue weighted by atomic mass is 35.5. The molecule has 2 aromatic heterocycles. The molecular weight excluding hydrogens is 566 g/mol. The number of allylic oxidation sites excluding steroid dienone is 1. The molecule has 43 heavy (non-hydrogen) atoms. The van der Waals surface area contributed by atoms with Gasteiger partial charge in [-0.3, -0.25) is 0 Å². The van der Waals surface area contributed by atoms with E-state index < -0.39 is 17.7 Å². The van der Waals surface area contributed by atoms with Crippen molar-refractivity contribution in [1.29, 1.82) is 0 Å². The molecule has 4 rings (SSSR count). The number of benzene rings is 2. The van der Waals surface area contributed by atoms with Gasteiger partial charge in [0.25, 0.3) is 0 Å². The van der Waals surface area contributed by atoms with Gasteiger partial charge in [0.05, 0.1) is 17.3 Å². The summed E-state index contributed by atoms with van der Waals surface area (Å²) in [6.07, 6.45) is 4.34. The van der Waals surface area contributed by atoms with Crippen LogP contribution >= 0.6 is 11.6 Å². The lowest BCUT2D eigenvalue weighted by atomic mass is 9.91. The van der Waals surface area contributed by atoms with Gasteiger partial charge in [-0.2, -0.15) is 0 Å². The van der Waals surface area contributed by atoms with Crippen LogP contribution in [0.5, 0.6) is 5.88 Å². The number of pyridine rings is 1. The highest BCUT2D eigenvalue weighted by Crippen LogP contribution is 2.40. The summed E-state index contributed by atoms with van der Waals surface area (Å²) in [4.78, 5) is 33.0. The van der Waals surface area contributed by atoms with Crippen LogP contribution in [0.15, 0.2) is 85.1 Å². The van der Waals surface area contributed by atoms with Crippen LogP contribution in [0.25, 0.3) is 22.0 Å². The van der Waals surface area contributed by atoms with Crippen molar-refractivity contribution in [2.24, 2.45) is 0 Å². The van der Waals surface area contributed by atoms with Crippen LogP contribution < -0.4 is 4.74 Å². The second-order valence-corrected chi connectivity index (χ2v) is 11.2. The Morgan fingerprint density at radius 1 is 1.02 bits per heavy atom. The van der Waals surface area contributed by atoms with Gasteiger partial charge in [0.1, 0.15) is 12.2 Å². The monoisotopic (exact) mass is 601 g/mol. The molecule has 0 aliphatic carbocycles. The zero-order valence-electron chi connectivity index (χ0n) is 24.8. The Balaban J connectivity index is 1.59. The SMILES string of the molecule is CC/C(=C(/c1ccc(OCCN(C/C=C/C(=O)O)C(=O)OC(C)(C)C)nc1)c1[nH]c2ccccc2c1Cl)c1ccccc1. The summed E-state index contributed by atoms with van der Waals surface area (Å²) in [6.45, 7) is 7.80. The highest BCUT2D eigenvalue weighted by molar-refractivity contribution is 6.38. The largest absolute Gasteiger partial charge is 0.478 e. The number of carbonyl (C=O) groups is 2. The number of H-pyrrole nitrogens is 1. The van der Waals surface area contributed by atoms with Gasteiger partial charge in [0, 0.05) is 46.9 Å². The molecule has 2 heterocycles. The van der Waals surface area contributed by atoms with Crippen molar-refractivity contribution in [1.82, 2.24) is 14.9 Å². The first kappa shape index (κ1) is 31.4. The lowest BCUT2D eigenvalue weighted by Crippen LogP contribution is -2.39. The zero-order chi connectivity index (χ0) is 31.0. The number of hydrogen-bond acceptors (Lipinski definition) is 5. The number of fused-ring (bicyclic) bond motifs is 1. The van der Waals surface area contributed by atoms with Crippen molar-refractivity contribution in [3.8, 4) is 5.88 Å². The molecule has 4 aromatic rings. The van der Waals surface area contributed by atoms with Gasteiger partial charge in [-0.05, 0) is 50.5 Å². The fraction of sp³-hybridized carbons (Fsp3) is 0.265. The average Bonchev–Trinajstić information content (AvgIpc) is 3.30. The molecule has 0 atom stereocenters. The van der Waals surface area contributed by atoms with Gasteiger partial charge >= 0.3 is 12.1 Å².